The molecular weight excluding hydrogens is 472 g/mol. The van der Waals surface area contributed by atoms with Crippen molar-refractivity contribution in [2.45, 2.75) is 0 Å². The Balaban J connectivity index is 1.98. The molecule has 10 nitrogen and oxygen atoms in total. The molecule has 156 valence electrons. The lowest BCUT2D eigenvalue weighted by atomic mass is 10.2. The number of halogens is 3. The maximum absolute atomic E-state index is 14.2. The van der Waals surface area contributed by atoms with E-state index >= 15 is 0 Å². The Hall–Kier alpha value is -3.61. The quantitative estimate of drug-likeness (QED) is 0.198. The summed E-state index contributed by atoms with van der Waals surface area (Å²) in [6.07, 6.45) is -0.119. The molecule has 1 heterocycles. The van der Waals surface area contributed by atoms with Gasteiger partial charge in [-0.3, -0.25) is 10.1 Å². The number of hydrogen-bond donors (Lipinski definition) is 3. The molecule has 0 unspecified atom stereocenters. The van der Waals surface area contributed by atoms with Gasteiger partial charge in [0.1, 0.15) is 18.8 Å². The number of hydrogen-bond acceptors (Lipinski definition) is 7. The first kappa shape index (κ1) is 21.1. The SMILES string of the molecule is O=C(O)NCCOc1cc2ncnc(Nc3ccc(Br)c(F)c3F)c2cc1[N+](=O)[O-]. The van der Waals surface area contributed by atoms with Gasteiger partial charge in [-0.15, -0.1) is 0 Å². The average molecular weight is 484 g/mol. The first-order valence-electron chi connectivity index (χ1n) is 8.21. The highest BCUT2D eigenvalue weighted by molar-refractivity contribution is 9.10. The van der Waals surface area contributed by atoms with Gasteiger partial charge in [-0.1, -0.05) is 0 Å². The summed E-state index contributed by atoms with van der Waals surface area (Å²) in [7, 11) is 0. The lowest BCUT2D eigenvalue weighted by Crippen LogP contribution is -2.26. The van der Waals surface area contributed by atoms with Crippen molar-refractivity contribution >= 4 is 50.1 Å². The second-order valence-electron chi connectivity index (χ2n) is 5.74. The van der Waals surface area contributed by atoms with Crippen LogP contribution in [0.1, 0.15) is 0 Å². The predicted molar refractivity (Wildman–Crippen MR) is 105 cm³/mol. The summed E-state index contributed by atoms with van der Waals surface area (Å²) < 4.78 is 33.2. The predicted octanol–water partition coefficient (Wildman–Crippen LogP) is 3.97. The smallest absolute Gasteiger partial charge is 0.404 e. The summed E-state index contributed by atoms with van der Waals surface area (Å²) in [6, 6.07) is 4.98. The molecule has 13 heteroatoms. The van der Waals surface area contributed by atoms with Crippen LogP contribution in [-0.4, -0.2) is 39.2 Å². The molecule has 0 radical (unpaired) electrons. The molecule has 3 N–H and O–H groups in total. The number of amides is 1. The second kappa shape index (κ2) is 8.82. The second-order valence-corrected chi connectivity index (χ2v) is 6.60. The number of nitro benzene ring substituents is 1. The van der Waals surface area contributed by atoms with Gasteiger partial charge in [0.2, 0.25) is 0 Å². The molecule has 0 bridgehead atoms. The number of anilines is 2. The van der Waals surface area contributed by atoms with Crippen LogP contribution < -0.4 is 15.4 Å². The van der Waals surface area contributed by atoms with Crippen LogP contribution in [0.5, 0.6) is 5.75 Å². The van der Waals surface area contributed by atoms with Gasteiger partial charge in [0.15, 0.2) is 17.4 Å². The summed E-state index contributed by atoms with van der Waals surface area (Å²) in [5, 5.41) is 24.8. The fourth-order valence-corrected chi connectivity index (χ4v) is 2.81. The number of aromatic nitrogens is 2. The zero-order valence-corrected chi connectivity index (χ0v) is 16.4. The van der Waals surface area contributed by atoms with Crippen molar-refractivity contribution in [2.24, 2.45) is 0 Å². The fourth-order valence-electron chi connectivity index (χ4n) is 2.50. The van der Waals surface area contributed by atoms with E-state index in [0.29, 0.717) is 0 Å². The summed E-state index contributed by atoms with van der Waals surface area (Å²) in [6.45, 7) is -0.242. The van der Waals surface area contributed by atoms with Crippen LogP contribution >= 0.6 is 15.9 Å². The molecule has 30 heavy (non-hydrogen) atoms. The zero-order chi connectivity index (χ0) is 21.8. The molecule has 3 rings (SSSR count). The van der Waals surface area contributed by atoms with Gasteiger partial charge in [0.05, 0.1) is 32.5 Å². The zero-order valence-electron chi connectivity index (χ0n) is 14.9. The Morgan fingerprint density at radius 1 is 1.27 bits per heavy atom. The number of nitrogens with one attached hydrogen (secondary N) is 2. The van der Waals surface area contributed by atoms with Crippen molar-refractivity contribution in [3.8, 4) is 5.75 Å². The lowest BCUT2D eigenvalue weighted by Gasteiger charge is -2.12. The standard InChI is InChI=1S/C17H12BrF2N5O5/c18-9-1-2-10(15(20)14(9)19)24-16-8-5-12(25(28)29)13(6-11(8)22-7-23-16)30-4-3-21-17(26)27/h1-2,5-7,21H,3-4H2,(H,26,27)(H,22,23,24). The van der Waals surface area contributed by atoms with Crippen LogP contribution in [0, 0.1) is 21.7 Å². The molecule has 0 aliphatic heterocycles. The Morgan fingerprint density at radius 3 is 2.73 bits per heavy atom. The Morgan fingerprint density at radius 2 is 2.03 bits per heavy atom. The largest absolute Gasteiger partial charge is 0.485 e. The van der Waals surface area contributed by atoms with E-state index in [9.17, 15) is 23.7 Å². The Labute approximate surface area is 175 Å². The molecule has 2 aromatic carbocycles. The number of carboxylic acid groups (broad SMARTS) is 1. The summed E-state index contributed by atoms with van der Waals surface area (Å²) >= 11 is 2.88. The molecule has 1 amide bonds. The number of nitro groups is 1. The third-order valence-corrected chi connectivity index (χ3v) is 4.45. The van der Waals surface area contributed by atoms with Gasteiger partial charge >= 0.3 is 11.8 Å². The molecule has 0 atom stereocenters. The topological polar surface area (TPSA) is 140 Å². The van der Waals surface area contributed by atoms with Crippen LogP contribution in [0.2, 0.25) is 0 Å². The van der Waals surface area contributed by atoms with Crippen LogP contribution in [0.25, 0.3) is 10.9 Å². The summed E-state index contributed by atoms with van der Waals surface area (Å²) in [5.41, 5.74) is -0.422. The minimum absolute atomic E-state index is 0.0165. The molecule has 0 fully saturated rings. The first-order chi connectivity index (χ1) is 14.3. The monoisotopic (exact) mass is 483 g/mol. The van der Waals surface area contributed by atoms with Gasteiger partial charge in [-0.2, -0.15) is 0 Å². The van der Waals surface area contributed by atoms with Crippen LogP contribution in [0.3, 0.4) is 0 Å². The van der Waals surface area contributed by atoms with Gasteiger partial charge in [-0.25, -0.2) is 23.5 Å². The first-order valence-corrected chi connectivity index (χ1v) is 9.00. The number of benzene rings is 2. The molecule has 3 aromatic rings. The average Bonchev–Trinajstić information content (AvgIpc) is 2.71. The molecule has 0 saturated carbocycles. The normalized spacial score (nSPS) is 10.6. The number of rotatable bonds is 7. The van der Waals surface area contributed by atoms with E-state index in [4.69, 9.17) is 9.84 Å². The summed E-state index contributed by atoms with van der Waals surface area (Å²) in [5.74, 6) is -2.38. The van der Waals surface area contributed by atoms with Crippen molar-refractivity contribution in [3.63, 3.8) is 0 Å². The highest BCUT2D eigenvalue weighted by Crippen LogP contribution is 2.35. The minimum Gasteiger partial charge on any atom is -0.485 e. The van der Waals surface area contributed by atoms with Crippen molar-refractivity contribution in [1.29, 1.82) is 0 Å². The van der Waals surface area contributed by atoms with Gasteiger partial charge in [-0.05, 0) is 28.1 Å². The molecule has 0 aliphatic rings. The van der Waals surface area contributed by atoms with Crippen molar-refractivity contribution < 1.29 is 28.3 Å². The van der Waals surface area contributed by atoms with E-state index in [1.165, 1.54) is 18.2 Å². The van der Waals surface area contributed by atoms with E-state index in [1.54, 1.807) is 0 Å². The fraction of sp³-hybridized carbons (Fsp3) is 0.118. The van der Waals surface area contributed by atoms with E-state index in [0.717, 1.165) is 12.4 Å². The van der Waals surface area contributed by atoms with Gasteiger partial charge in [0, 0.05) is 12.1 Å². The number of fused-ring (bicyclic) bond motifs is 1. The lowest BCUT2D eigenvalue weighted by molar-refractivity contribution is -0.385. The minimum atomic E-state index is -1.26. The van der Waals surface area contributed by atoms with E-state index in [-0.39, 0.29) is 45.8 Å². The van der Waals surface area contributed by atoms with Crippen molar-refractivity contribution in [1.82, 2.24) is 15.3 Å². The van der Waals surface area contributed by atoms with Gasteiger partial charge in [0.25, 0.3) is 0 Å². The third kappa shape index (κ3) is 4.51. The molecular formula is C17H12BrF2N5O5. The van der Waals surface area contributed by atoms with E-state index in [2.05, 4.69) is 36.5 Å². The van der Waals surface area contributed by atoms with Crippen molar-refractivity contribution in [2.75, 3.05) is 18.5 Å². The highest BCUT2D eigenvalue weighted by Gasteiger charge is 2.20. The van der Waals surface area contributed by atoms with Crippen LogP contribution in [-0.2, 0) is 0 Å². The maximum Gasteiger partial charge on any atom is 0.404 e. The number of ether oxygens (including phenoxy) is 1. The highest BCUT2D eigenvalue weighted by atomic mass is 79.9. The number of carbonyl (C=O) groups is 1. The molecule has 0 saturated heterocycles. The van der Waals surface area contributed by atoms with Gasteiger partial charge < -0.3 is 20.5 Å². The summed E-state index contributed by atoms with van der Waals surface area (Å²) in [4.78, 5) is 29.2. The molecule has 1 aromatic heterocycles. The van der Waals surface area contributed by atoms with Crippen molar-refractivity contribution in [3.05, 3.63) is 56.8 Å². The number of nitrogens with zero attached hydrogens (tertiary/aromatic N) is 3. The molecule has 0 spiro atoms. The van der Waals surface area contributed by atoms with Crippen LogP contribution in [0.4, 0.5) is 30.8 Å². The Kier molecular flexibility index (Phi) is 6.20. The Bertz CT molecular complexity index is 1150. The van der Waals surface area contributed by atoms with Crippen LogP contribution in [0.15, 0.2) is 35.1 Å². The molecule has 0 aliphatic carbocycles. The van der Waals surface area contributed by atoms with E-state index < -0.39 is 28.3 Å². The van der Waals surface area contributed by atoms with E-state index in [1.807, 2.05) is 0 Å². The maximum atomic E-state index is 14.2. The third-order valence-electron chi connectivity index (χ3n) is 3.84.